The highest BCUT2D eigenvalue weighted by molar-refractivity contribution is 7.89. The normalized spacial score (nSPS) is 12.0. The van der Waals surface area contributed by atoms with E-state index in [2.05, 4.69) is 14.6 Å². The Balaban J connectivity index is 2.60. The molecule has 0 aliphatic rings. The van der Waals surface area contributed by atoms with Crippen molar-refractivity contribution in [2.75, 3.05) is 26.2 Å². The van der Waals surface area contributed by atoms with E-state index in [1.54, 1.807) is 6.07 Å². The van der Waals surface area contributed by atoms with Crippen molar-refractivity contribution in [1.82, 2.24) is 14.6 Å². The molecule has 0 aliphatic carbocycles. The molecule has 1 rings (SSSR count). The summed E-state index contributed by atoms with van der Waals surface area (Å²) in [5, 5.41) is 0. The number of nitrogens with two attached hydrogens (primary N) is 1. The highest BCUT2D eigenvalue weighted by Crippen LogP contribution is 2.07. The quantitative estimate of drug-likeness (QED) is 0.711. The number of sulfonamides is 1. The molecule has 1 aromatic heterocycles. The van der Waals surface area contributed by atoms with Crippen molar-refractivity contribution in [3.63, 3.8) is 0 Å². The van der Waals surface area contributed by atoms with Crippen molar-refractivity contribution in [3.8, 4) is 0 Å². The molecule has 0 unspecified atom stereocenters. The summed E-state index contributed by atoms with van der Waals surface area (Å²) in [4.78, 5) is 6.31. The van der Waals surface area contributed by atoms with Crippen molar-refractivity contribution < 1.29 is 8.42 Å². The molecule has 0 aromatic carbocycles. The average Bonchev–Trinajstić information content (AvgIpc) is 2.43. The van der Waals surface area contributed by atoms with E-state index in [-0.39, 0.29) is 4.90 Å². The average molecular weight is 286 g/mol. The van der Waals surface area contributed by atoms with Crippen LogP contribution in [0.4, 0.5) is 0 Å². The van der Waals surface area contributed by atoms with Gasteiger partial charge in [0.25, 0.3) is 0 Å². The number of rotatable bonds is 8. The van der Waals surface area contributed by atoms with Gasteiger partial charge in [0.05, 0.1) is 5.69 Å². The Hall–Kier alpha value is -1.02. The van der Waals surface area contributed by atoms with Crippen LogP contribution in [-0.4, -0.2) is 44.5 Å². The van der Waals surface area contributed by atoms with Gasteiger partial charge in [0.2, 0.25) is 10.0 Å². The zero-order valence-electron chi connectivity index (χ0n) is 11.5. The van der Waals surface area contributed by atoms with Gasteiger partial charge in [-0.1, -0.05) is 13.8 Å². The molecule has 0 radical (unpaired) electrons. The zero-order valence-corrected chi connectivity index (χ0v) is 12.3. The summed E-state index contributed by atoms with van der Waals surface area (Å²) >= 11 is 0. The van der Waals surface area contributed by atoms with E-state index in [4.69, 9.17) is 5.73 Å². The monoisotopic (exact) mass is 286 g/mol. The Morgan fingerprint density at radius 2 is 2.00 bits per heavy atom. The molecule has 7 heteroatoms. The molecule has 6 nitrogen and oxygen atoms in total. The molecule has 0 atom stereocenters. The minimum atomic E-state index is -3.48. The topological polar surface area (TPSA) is 88.3 Å². The lowest BCUT2D eigenvalue weighted by Gasteiger charge is -2.17. The molecule has 0 spiro atoms. The summed E-state index contributed by atoms with van der Waals surface area (Å²) in [6.07, 6.45) is 1.34. The predicted molar refractivity (Wildman–Crippen MR) is 75.1 cm³/mol. The van der Waals surface area contributed by atoms with Crippen molar-refractivity contribution in [2.45, 2.75) is 25.3 Å². The maximum absolute atomic E-state index is 12.0. The molecule has 1 aromatic rings. The maximum Gasteiger partial charge on any atom is 0.242 e. The Labute approximate surface area is 115 Å². The zero-order chi connectivity index (χ0) is 14.3. The summed E-state index contributed by atoms with van der Waals surface area (Å²) in [7, 11) is -3.48. The molecule has 0 amide bonds. The minimum Gasteiger partial charge on any atom is -0.325 e. The van der Waals surface area contributed by atoms with Crippen LogP contribution >= 0.6 is 0 Å². The van der Waals surface area contributed by atoms with Gasteiger partial charge in [0, 0.05) is 25.8 Å². The highest BCUT2D eigenvalue weighted by Gasteiger charge is 2.14. The van der Waals surface area contributed by atoms with Gasteiger partial charge in [-0.25, -0.2) is 13.1 Å². The van der Waals surface area contributed by atoms with Crippen LogP contribution in [0.2, 0.25) is 0 Å². The van der Waals surface area contributed by atoms with Gasteiger partial charge < -0.3 is 10.6 Å². The lowest BCUT2D eigenvalue weighted by molar-refractivity contribution is 0.309. The number of aromatic nitrogens is 1. The first-order chi connectivity index (χ1) is 9.03. The first-order valence-corrected chi connectivity index (χ1v) is 7.88. The van der Waals surface area contributed by atoms with Gasteiger partial charge >= 0.3 is 0 Å². The van der Waals surface area contributed by atoms with Crippen LogP contribution in [-0.2, 0) is 16.6 Å². The van der Waals surface area contributed by atoms with E-state index in [0.29, 0.717) is 25.3 Å². The van der Waals surface area contributed by atoms with E-state index in [1.807, 2.05) is 13.8 Å². The third-order valence-electron chi connectivity index (χ3n) is 2.93. The van der Waals surface area contributed by atoms with Crippen LogP contribution < -0.4 is 10.5 Å². The SMILES string of the molecule is CCN(CC)CCNS(=O)(=O)c1ccc(CN)nc1. The molecule has 0 fully saturated rings. The fourth-order valence-corrected chi connectivity index (χ4v) is 2.62. The van der Waals surface area contributed by atoms with Crippen LogP contribution in [0.3, 0.4) is 0 Å². The van der Waals surface area contributed by atoms with Gasteiger partial charge in [-0.3, -0.25) is 4.98 Å². The van der Waals surface area contributed by atoms with E-state index in [0.717, 1.165) is 13.1 Å². The minimum absolute atomic E-state index is 0.171. The summed E-state index contributed by atoms with van der Waals surface area (Å²) in [5.74, 6) is 0. The van der Waals surface area contributed by atoms with E-state index in [1.165, 1.54) is 12.3 Å². The van der Waals surface area contributed by atoms with Crippen LogP contribution in [0.15, 0.2) is 23.2 Å². The maximum atomic E-state index is 12.0. The Morgan fingerprint density at radius 1 is 1.32 bits per heavy atom. The van der Waals surface area contributed by atoms with Gasteiger partial charge in [-0.15, -0.1) is 0 Å². The standard InChI is InChI=1S/C12H22N4O2S/c1-3-16(4-2)8-7-15-19(17,18)12-6-5-11(9-13)14-10-12/h5-6,10,15H,3-4,7-9,13H2,1-2H3. The second kappa shape index (κ2) is 7.54. The first kappa shape index (κ1) is 16.0. The number of nitrogens with one attached hydrogen (secondary N) is 1. The molecule has 3 N–H and O–H groups in total. The lowest BCUT2D eigenvalue weighted by Crippen LogP contribution is -2.34. The van der Waals surface area contributed by atoms with Crippen LogP contribution in [0.5, 0.6) is 0 Å². The summed E-state index contributed by atoms with van der Waals surface area (Å²) in [6.45, 7) is 7.30. The van der Waals surface area contributed by atoms with Crippen LogP contribution in [0, 0.1) is 0 Å². The second-order valence-electron chi connectivity index (χ2n) is 4.11. The van der Waals surface area contributed by atoms with E-state index >= 15 is 0 Å². The van der Waals surface area contributed by atoms with Gasteiger partial charge in [0.1, 0.15) is 4.90 Å². The van der Waals surface area contributed by atoms with Gasteiger partial charge in [0.15, 0.2) is 0 Å². The van der Waals surface area contributed by atoms with Crippen molar-refractivity contribution in [2.24, 2.45) is 5.73 Å². The van der Waals surface area contributed by atoms with Crippen molar-refractivity contribution in [1.29, 1.82) is 0 Å². The molecule has 0 saturated carbocycles. The second-order valence-corrected chi connectivity index (χ2v) is 5.88. The third-order valence-corrected chi connectivity index (χ3v) is 4.38. The van der Waals surface area contributed by atoms with Crippen LogP contribution in [0.25, 0.3) is 0 Å². The van der Waals surface area contributed by atoms with Crippen molar-refractivity contribution >= 4 is 10.0 Å². The summed E-state index contributed by atoms with van der Waals surface area (Å²) < 4.78 is 26.5. The van der Waals surface area contributed by atoms with Crippen molar-refractivity contribution in [3.05, 3.63) is 24.0 Å². The third kappa shape index (κ3) is 4.87. The fourth-order valence-electron chi connectivity index (χ4n) is 1.65. The number of pyridine rings is 1. The molecule has 0 bridgehead atoms. The summed E-state index contributed by atoms with van der Waals surface area (Å²) in [5.41, 5.74) is 6.09. The lowest BCUT2D eigenvalue weighted by atomic mass is 10.4. The van der Waals surface area contributed by atoms with Crippen LogP contribution in [0.1, 0.15) is 19.5 Å². The number of hydrogen-bond donors (Lipinski definition) is 2. The molecule has 108 valence electrons. The smallest absolute Gasteiger partial charge is 0.242 e. The fraction of sp³-hybridized carbons (Fsp3) is 0.583. The number of likely N-dealkylation sites (N-methyl/N-ethyl adjacent to an activating group) is 1. The Kier molecular flexibility index (Phi) is 6.36. The molecular weight excluding hydrogens is 264 g/mol. The molecule has 1 heterocycles. The highest BCUT2D eigenvalue weighted by atomic mass is 32.2. The van der Waals surface area contributed by atoms with Gasteiger partial charge in [-0.2, -0.15) is 0 Å². The summed E-state index contributed by atoms with van der Waals surface area (Å²) in [6, 6.07) is 3.15. The predicted octanol–water partition coefficient (Wildman–Crippen LogP) is 0.160. The molecule has 0 saturated heterocycles. The number of nitrogens with zero attached hydrogens (tertiary/aromatic N) is 2. The molecule has 19 heavy (non-hydrogen) atoms. The Bertz CT molecular complexity index is 469. The first-order valence-electron chi connectivity index (χ1n) is 6.40. The number of hydrogen-bond acceptors (Lipinski definition) is 5. The Morgan fingerprint density at radius 3 is 2.47 bits per heavy atom. The largest absolute Gasteiger partial charge is 0.325 e. The molecule has 0 aliphatic heterocycles. The van der Waals surface area contributed by atoms with Gasteiger partial charge in [-0.05, 0) is 25.2 Å². The van der Waals surface area contributed by atoms with E-state index < -0.39 is 10.0 Å². The van der Waals surface area contributed by atoms with E-state index in [9.17, 15) is 8.42 Å². The molecular formula is C12H22N4O2S.